The van der Waals surface area contributed by atoms with E-state index in [1.165, 1.54) is 17.8 Å². The minimum Gasteiger partial charge on any atom is -0.449 e. The summed E-state index contributed by atoms with van der Waals surface area (Å²) >= 11 is 1.40. The van der Waals surface area contributed by atoms with E-state index in [9.17, 15) is 13.2 Å². The van der Waals surface area contributed by atoms with Crippen LogP contribution in [-0.4, -0.2) is 20.8 Å². The zero-order valence-corrected chi connectivity index (χ0v) is 14.3. The molecule has 0 atom stereocenters. The van der Waals surface area contributed by atoms with Crippen molar-refractivity contribution in [3.63, 3.8) is 0 Å². The van der Waals surface area contributed by atoms with Crippen molar-refractivity contribution in [2.45, 2.75) is 31.6 Å². The van der Waals surface area contributed by atoms with Gasteiger partial charge in [0.2, 0.25) is 0 Å². The second-order valence-electron chi connectivity index (χ2n) is 4.77. The van der Waals surface area contributed by atoms with Gasteiger partial charge in [-0.25, -0.2) is 0 Å². The van der Waals surface area contributed by atoms with Gasteiger partial charge in [0.25, 0.3) is 10.1 Å². The SMILES string of the molecule is CCOS(=O)(=O)Cc1cc(C)cc2c(=O)cc(SCC)oc12. The van der Waals surface area contributed by atoms with Crippen LogP contribution in [0.3, 0.4) is 0 Å². The molecule has 1 aromatic heterocycles. The van der Waals surface area contributed by atoms with Gasteiger partial charge in [0, 0.05) is 11.6 Å². The average molecular weight is 342 g/mol. The Hall–Kier alpha value is -1.31. The Kier molecular flexibility index (Phi) is 5.31. The molecule has 7 heteroatoms. The van der Waals surface area contributed by atoms with Crippen LogP contribution >= 0.6 is 11.8 Å². The molecule has 0 fully saturated rings. The number of benzene rings is 1. The highest BCUT2D eigenvalue weighted by molar-refractivity contribution is 7.99. The van der Waals surface area contributed by atoms with Crippen molar-refractivity contribution in [2.75, 3.05) is 12.4 Å². The third kappa shape index (κ3) is 3.91. The molecule has 0 saturated carbocycles. The van der Waals surface area contributed by atoms with Crippen molar-refractivity contribution >= 4 is 32.8 Å². The van der Waals surface area contributed by atoms with Crippen LogP contribution in [0, 0.1) is 6.92 Å². The summed E-state index contributed by atoms with van der Waals surface area (Å²) in [5, 5.41) is 0.876. The third-order valence-corrected chi connectivity index (χ3v) is 4.98. The Balaban J connectivity index is 2.64. The predicted octanol–water partition coefficient (Wildman–Crippen LogP) is 3.08. The fourth-order valence-corrected chi connectivity index (χ4v) is 3.85. The number of aryl methyl sites for hydroxylation is 1. The molecule has 0 aliphatic heterocycles. The fourth-order valence-electron chi connectivity index (χ4n) is 2.20. The van der Waals surface area contributed by atoms with E-state index in [4.69, 9.17) is 8.60 Å². The van der Waals surface area contributed by atoms with Crippen molar-refractivity contribution in [3.05, 3.63) is 39.5 Å². The van der Waals surface area contributed by atoms with Crippen LogP contribution in [0.4, 0.5) is 0 Å². The average Bonchev–Trinajstić information content (AvgIpc) is 2.40. The Morgan fingerprint density at radius 2 is 1.95 bits per heavy atom. The van der Waals surface area contributed by atoms with E-state index in [-0.39, 0.29) is 17.8 Å². The molecule has 0 bridgehead atoms. The van der Waals surface area contributed by atoms with Gasteiger partial charge in [-0.05, 0) is 31.2 Å². The fraction of sp³-hybridized carbons (Fsp3) is 0.400. The molecule has 5 nitrogen and oxygen atoms in total. The normalized spacial score (nSPS) is 12.0. The van der Waals surface area contributed by atoms with Gasteiger partial charge in [0.15, 0.2) is 10.5 Å². The smallest absolute Gasteiger partial charge is 0.271 e. The van der Waals surface area contributed by atoms with Crippen LogP contribution in [0.2, 0.25) is 0 Å². The molecule has 1 heterocycles. The van der Waals surface area contributed by atoms with Crippen LogP contribution in [0.25, 0.3) is 11.0 Å². The molecular formula is C15H18O5S2. The van der Waals surface area contributed by atoms with E-state index < -0.39 is 10.1 Å². The third-order valence-electron chi connectivity index (χ3n) is 2.94. The van der Waals surface area contributed by atoms with Crippen LogP contribution in [0.5, 0.6) is 0 Å². The van der Waals surface area contributed by atoms with Crippen molar-refractivity contribution in [3.8, 4) is 0 Å². The first-order valence-electron chi connectivity index (χ1n) is 6.93. The quantitative estimate of drug-likeness (QED) is 0.593. The summed E-state index contributed by atoms with van der Waals surface area (Å²) in [6.45, 7) is 5.45. The van der Waals surface area contributed by atoms with Gasteiger partial charge in [-0.3, -0.25) is 8.98 Å². The molecule has 0 spiro atoms. The topological polar surface area (TPSA) is 73.6 Å². The van der Waals surface area contributed by atoms with Crippen molar-refractivity contribution < 1.29 is 17.0 Å². The lowest BCUT2D eigenvalue weighted by atomic mass is 10.1. The molecule has 1 aromatic carbocycles. The molecule has 22 heavy (non-hydrogen) atoms. The van der Waals surface area contributed by atoms with E-state index in [1.807, 2.05) is 13.8 Å². The number of fused-ring (bicyclic) bond motifs is 1. The number of rotatable bonds is 6. The summed E-state index contributed by atoms with van der Waals surface area (Å²) in [7, 11) is -3.70. The van der Waals surface area contributed by atoms with Crippen molar-refractivity contribution in [2.24, 2.45) is 0 Å². The summed E-state index contributed by atoms with van der Waals surface area (Å²) in [4.78, 5) is 12.2. The lowest BCUT2D eigenvalue weighted by molar-refractivity contribution is 0.337. The van der Waals surface area contributed by atoms with Crippen LogP contribution < -0.4 is 5.43 Å². The van der Waals surface area contributed by atoms with Crippen molar-refractivity contribution in [1.29, 1.82) is 0 Å². The minimum absolute atomic E-state index is 0.0764. The number of hydrogen-bond donors (Lipinski definition) is 0. The zero-order chi connectivity index (χ0) is 16.3. The van der Waals surface area contributed by atoms with Gasteiger partial charge in [-0.1, -0.05) is 24.8 Å². The molecular weight excluding hydrogens is 324 g/mol. The van der Waals surface area contributed by atoms with E-state index >= 15 is 0 Å². The second-order valence-corrected chi connectivity index (χ2v) is 7.68. The molecule has 0 amide bonds. The Labute approximate surface area is 133 Å². The standard InChI is InChI=1S/C15H18O5S2/c1-4-19-22(17,18)9-11-6-10(3)7-12-13(16)8-14(21-5-2)20-15(11)12/h6-8H,4-5,9H2,1-3H3. The van der Waals surface area contributed by atoms with Gasteiger partial charge >= 0.3 is 0 Å². The van der Waals surface area contributed by atoms with E-state index in [0.29, 0.717) is 21.6 Å². The van der Waals surface area contributed by atoms with Gasteiger partial charge < -0.3 is 4.42 Å². The molecule has 2 rings (SSSR count). The molecule has 0 radical (unpaired) electrons. The molecule has 0 aliphatic carbocycles. The summed E-state index contributed by atoms with van der Waals surface area (Å²) in [5.41, 5.74) is 1.39. The number of thioether (sulfide) groups is 1. The van der Waals surface area contributed by atoms with Gasteiger partial charge in [-0.15, -0.1) is 0 Å². The highest BCUT2D eigenvalue weighted by atomic mass is 32.2. The molecule has 0 saturated heterocycles. The molecule has 120 valence electrons. The Morgan fingerprint density at radius 3 is 2.59 bits per heavy atom. The highest BCUT2D eigenvalue weighted by Gasteiger charge is 2.17. The van der Waals surface area contributed by atoms with Crippen LogP contribution in [-0.2, 0) is 20.1 Å². The summed E-state index contributed by atoms with van der Waals surface area (Å²) in [6, 6.07) is 4.86. The maximum atomic E-state index is 12.2. The first-order chi connectivity index (χ1) is 10.4. The minimum atomic E-state index is -3.70. The van der Waals surface area contributed by atoms with E-state index in [0.717, 1.165) is 11.3 Å². The van der Waals surface area contributed by atoms with Gasteiger partial charge in [0.1, 0.15) is 11.3 Å². The second kappa shape index (κ2) is 6.85. The largest absolute Gasteiger partial charge is 0.449 e. The van der Waals surface area contributed by atoms with Gasteiger partial charge in [-0.2, -0.15) is 8.42 Å². The zero-order valence-electron chi connectivity index (χ0n) is 12.7. The van der Waals surface area contributed by atoms with Gasteiger partial charge in [0.05, 0.1) is 12.0 Å². The summed E-state index contributed by atoms with van der Waals surface area (Å²) in [6.07, 6.45) is 0. The Morgan fingerprint density at radius 1 is 1.23 bits per heavy atom. The monoisotopic (exact) mass is 342 g/mol. The molecule has 2 aromatic rings. The lowest BCUT2D eigenvalue weighted by Gasteiger charge is -2.09. The predicted molar refractivity (Wildman–Crippen MR) is 87.9 cm³/mol. The van der Waals surface area contributed by atoms with Crippen LogP contribution in [0.1, 0.15) is 25.0 Å². The number of hydrogen-bond acceptors (Lipinski definition) is 6. The maximum absolute atomic E-state index is 12.2. The molecule has 0 N–H and O–H groups in total. The van der Waals surface area contributed by atoms with E-state index in [2.05, 4.69) is 0 Å². The molecule has 0 aliphatic rings. The highest BCUT2D eigenvalue weighted by Crippen LogP contribution is 2.26. The first-order valence-corrected chi connectivity index (χ1v) is 9.50. The summed E-state index contributed by atoms with van der Waals surface area (Å²) in [5.74, 6) is 0.440. The lowest BCUT2D eigenvalue weighted by Crippen LogP contribution is -2.10. The van der Waals surface area contributed by atoms with E-state index in [1.54, 1.807) is 19.1 Å². The van der Waals surface area contributed by atoms with Crippen molar-refractivity contribution in [1.82, 2.24) is 0 Å². The molecule has 0 unspecified atom stereocenters. The maximum Gasteiger partial charge on any atom is 0.271 e. The summed E-state index contributed by atoms with van der Waals surface area (Å²) < 4.78 is 34.3. The van der Waals surface area contributed by atoms with Crippen LogP contribution in [0.15, 0.2) is 32.5 Å². The Bertz CT molecular complexity index is 837. The first kappa shape index (κ1) is 17.1.